The van der Waals surface area contributed by atoms with E-state index in [1.165, 1.54) is 24.3 Å². The second-order valence-corrected chi connectivity index (χ2v) is 8.91. The molecule has 0 fully saturated rings. The summed E-state index contributed by atoms with van der Waals surface area (Å²) in [5.41, 5.74) is 1.79. The Labute approximate surface area is 184 Å². The van der Waals surface area contributed by atoms with E-state index in [4.69, 9.17) is 9.84 Å². The maximum absolute atomic E-state index is 13.1. The zero-order chi connectivity index (χ0) is 22.7. The Balaban J connectivity index is 1.55. The van der Waals surface area contributed by atoms with Gasteiger partial charge >= 0.3 is 5.97 Å². The van der Waals surface area contributed by atoms with Crippen LogP contribution in [0, 0.1) is 0 Å². The summed E-state index contributed by atoms with van der Waals surface area (Å²) >= 11 is 0. The van der Waals surface area contributed by atoms with Crippen LogP contribution in [0.25, 0.3) is 0 Å². The summed E-state index contributed by atoms with van der Waals surface area (Å²) in [6, 6.07) is 19.5. The second kappa shape index (κ2) is 8.81. The molecule has 0 radical (unpaired) electrons. The topological polar surface area (TPSA) is 122 Å². The predicted molar refractivity (Wildman–Crippen MR) is 117 cm³/mol. The molecule has 1 aliphatic rings. The van der Waals surface area contributed by atoms with Crippen LogP contribution in [0.4, 0.5) is 5.69 Å². The van der Waals surface area contributed by atoms with Gasteiger partial charge in [0.15, 0.2) is 0 Å². The van der Waals surface area contributed by atoms with Gasteiger partial charge in [0.05, 0.1) is 17.4 Å². The molecule has 0 aliphatic carbocycles. The van der Waals surface area contributed by atoms with Gasteiger partial charge in [0.2, 0.25) is 15.9 Å². The number of aliphatic carboxylic acids is 1. The smallest absolute Gasteiger partial charge is 0.303 e. The van der Waals surface area contributed by atoms with Crippen LogP contribution in [-0.2, 0) is 19.6 Å². The van der Waals surface area contributed by atoms with Gasteiger partial charge in [-0.15, -0.1) is 0 Å². The van der Waals surface area contributed by atoms with Gasteiger partial charge in [-0.3, -0.25) is 9.59 Å². The molecule has 1 heterocycles. The van der Waals surface area contributed by atoms with Crippen molar-refractivity contribution >= 4 is 27.6 Å². The standard InChI is InChI=1S/C23H20N2O6S/c26-21(13-14-22(27)28)24-15-9-11-16(12-10-15)32(29,30)25-23-17-5-1-3-7-19(17)31-20-8-4-2-6-18(20)23/h1-12,23,25H,13-14H2,(H,24,26)(H,27,28). The molecular weight excluding hydrogens is 432 g/mol. The Morgan fingerprint density at radius 3 is 1.97 bits per heavy atom. The Hall–Kier alpha value is -3.69. The van der Waals surface area contributed by atoms with Crippen LogP contribution in [-0.4, -0.2) is 25.4 Å². The Morgan fingerprint density at radius 1 is 0.844 bits per heavy atom. The third-order valence-corrected chi connectivity index (χ3v) is 6.41. The van der Waals surface area contributed by atoms with Crippen molar-refractivity contribution in [2.75, 3.05) is 5.32 Å². The molecule has 1 amide bonds. The van der Waals surface area contributed by atoms with Gasteiger partial charge in [-0.05, 0) is 36.4 Å². The van der Waals surface area contributed by atoms with Crippen LogP contribution in [0.3, 0.4) is 0 Å². The van der Waals surface area contributed by atoms with Gasteiger partial charge < -0.3 is 15.2 Å². The van der Waals surface area contributed by atoms with Crippen molar-refractivity contribution < 1.29 is 27.9 Å². The first-order valence-electron chi connectivity index (χ1n) is 9.83. The maximum Gasteiger partial charge on any atom is 0.303 e. The first-order valence-corrected chi connectivity index (χ1v) is 11.3. The number of anilines is 1. The summed E-state index contributed by atoms with van der Waals surface area (Å²) in [4.78, 5) is 22.4. The highest BCUT2D eigenvalue weighted by molar-refractivity contribution is 7.89. The summed E-state index contributed by atoms with van der Waals surface area (Å²) in [5, 5.41) is 11.2. The van der Waals surface area contributed by atoms with Gasteiger partial charge in [-0.2, -0.15) is 4.72 Å². The molecule has 0 spiro atoms. The fraction of sp³-hybridized carbons (Fsp3) is 0.130. The third-order valence-electron chi connectivity index (χ3n) is 4.97. The van der Waals surface area contributed by atoms with Crippen molar-refractivity contribution in [2.45, 2.75) is 23.8 Å². The minimum absolute atomic E-state index is 0.0301. The van der Waals surface area contributed by atoms with E-state index < -0.39 is 27.9 Å². The molecule has 3 aromatic rings. The van der Waals surface area contributed by atoms with E-state index in [1.54, 1.807) is 12.1 Å². The molecule has 8 nitrogen and oxygen atoms in total. The number of benzene rings is 3. The van der Waals surface area contributed by atoms with Crippen molar-refractivity contribution in [1.29, 1.82) is 0 Å². The molecule has 4 rings (SSSR count). The van der Waals surface area contributed by atoms with Crippen LogP contribution >= 0.6 is 0 Å². The van der Waals surface area contributed by atoms with Gasteiger partial charge in [-0.25, -0.2) is 8.42 Å². The molecular formula is C23H20N2O6S. The van der Waals surface area contributed by atoms with E-state index in [0.717, 1.165) is 0 Å². The molecule has 3 N–H and O–H groups in total. The first kappa shape index (κ1) is 21.5. The summed E-state index contributed by atoms with van der Waals surface area (Å²) in [6.45, 7) is 0. The van der Waals surface area contributed by atoms with Crippen LogP contribution in [0.2, 0.25) is 0 Å². The highest BCUT2D eigenvalue weighted by Crippen LogP contribution is 2.43. The molecule has 0 bridgehead atoms. The van der Waals surface area contributed by atoms with E-state index in [0.29, 0.717) is 28.3 Å². The second-order valence-electron chi connectivity index (χ2n) is 7.20. The summed E-state index contributed by atoms with van der Waals surface area (Å²) in [6.07, 6.45) is -0.449. The van der Waals surface area contributed by atoms with Crippen molar-refractivity contribution in [3.63, 3.8) is 0 Å². The number of para-hydroxylation sites is 2. The van der Waals surface area contributed by atoms with Crippen LogP contribution in [0.15, 0.2) is 77.7 Å². The van der Waals surface area contributed by atoms with Crippen molar-refractivity contribution in [1.82, 2.24) is 4.72 Å². The normalized spacial score (nSPS) is 12.9. The quantitative estimate of drug-likeness (QED) is 0.503. The molecule has 0 saturated carbocycles. The lowest BCUT2D eigenvalue weighted by Crippen LogP contribution is -2.31. The first-order chi connectivity index (χ1) is 15.3. The van der Waals surface area contributed by atoms with E-state index in [1.807, 2.05) is 36.4 Å². The number of ether oxygens (including phenoxy) is 1. The van der Waals surface area contributed by atoms with E-state index in [9.17, 15) is 18.0 Å². The number of nitrogens with one attached hydrogen (secondary N) is 2. The molecule has 0 aromatic heterocycles. The average molecular weight is 452 g/mol. The van der Waals surface area contributed by atoms with Crippen molar-refractivity contribution in [2.24, 2.45) is 0 Å². The lowest BCUT2D eigenvalue weighted by atomic mass is 9.95. The number of sulfonamides is 1. The number of carbonyl (C=O) groups excluding carboxylic acids is 1. The highest BCUT2D eigenvalue weighted by atomic mass is 32.2. The van der Waals surface area contributed by atoms with Crippen LogP contribution in [0.1, 0.15) is 30.0 Å². The highest BCUT2D eigenvalue weighted by Gasteiger charge is 2.30. The molecule has 1 aliphatic heterocycles. The van der Waals surface area contributed by atoms with Crippen molar-refractivity contribution in [3.8, 4) is 11.5 Å². The van der Waals surface area contributed by atoms with E-state index >= 15 is 0 Å². The summed E-state index contributed by atoms with van der Waals surface area (Å²) < 4.78 is 34.9. The number of fused-ring (bicyclic) bond motifs is 2. The molecule has 32 heavy (non-hydrogen) atoms. The largest absolute Gasteiger partial charge is 0.481 e. The third kappa shape index (κ3) is 4.63. The fourth-order valence-electron chi connectivity index (χ4n) is 3.42. The predicted octanol–water partition coefficient (Wildman–Crippen LogP) is 3.66. The number of amides is 1. The Bertz CT molecular complexity index is 1230. The fourth-order valence-corrected chi connectivity index (χ4v) is 4.62. The molecule has 0 saturated heterocycles. The van der Waals surface area contributed by atoms with Gasteiger partial charge in [0.1, 0.15) is 11.5 Å². The van der Waals surface area contributed by atoms with Gasteiger partial charge in [0.25, 0.3) is 0 Å². The number of hydrogen-bond donors (Lipinski definition) is 3. The number of carboxylic acid groups (broad SMARTS) is 1. The monoisotopic (exact) mass is 452 g/mol. The van der Waals surface area contributed by atoms with Gasteiger partial charge in [-0.1, -0.05) is 36.4 Å². The molecule has 3 aromatic carbocycles. The van der Waals surface area contributed by atoms with E-state index in [2.05, 4.69) is 10.0 Å². The molecule has 9 heteroatoms. The maximum atomic E-state index is 13.1. The molecule has 0 atom stereocenters. The minimum atomic E-state index is -3.91. The minimum Gasteiger partial charge on any atom is -0.481 e. The molecule has 164 valence electrons. The van der Waals surface area contributed by atoms with Crippen LogP contribution in [0.5, 0.6) is 11.5 Å². The van der Waals surface area contributed by atoms with Gasteiger partial charge in [0, 0.05) is 23.2 Å². The number of hydrogen-bond acceptors (Lipinski definition) is 5. The zero-order valence-electron chi connectivity index (χ0n) is 16.8. The van der Waals surface area contributed by atoms with E-state index in [-0.39, 0.29) is 17.7 Å². The number of rotatable bonds is 7. The van der Waals surface area contributed by atoms with Crippen LogP contribution < -0.4 is 14.8 Å². The zero-order valence-corrected chi connectivity index (χ0v) is 17.6. The average Bonchev–Trinajstić information content (AvgIpc) is 2.78. The number of carbonyl (C=O) groups is 2. The Kier molecular flexibility index (Phi) is 5.93. The lowest BCUT2D eigenvalue weighted by molar-refractivity contribution is -0.138. The summed E-state index contributed by atoms with van der Waals surface area (Å²) in [7, 11) is -3.91. The lowest BCUT2D eigenvalue weighted by Gasteiger charge is -2.28. The SMILES string of the molecule is O=C(O)CCC(=O)Nc1ccc(S(=O)(=O)NC2c3ccccc3Oc3ccccc32)cc1. The number of carboxylic acids is 1. The summed E-state index contributed by atoms with van der Waals surface area (Å²) in [5.74, 6) is -0.364. The molecule has 0 unspecified atom stereocenters. The van der Waals surface area contributed by atoms with Crippen molar-refractivity contribution in [3.05, 3.63) is 83.9 Å². The Morgan fingerprint density at radius 2 is 1.41 bits per heavy atom.